The second-order valence-electron chi connectivity index (χ2n) is 9.77. The van der Waals surface area contributed by atoms with Crippen LogP contribution in [0.15, 0.2) is 36.4 Å². The van der Waals surface area contributed by atoms with Gasteiger partial charge in [0.05, 0.1) is 37.5 Å². The summed E-state index contributed by atoms with van der Waals surface area (Å²) in [4.78, 5) is 13.4. The number of nitrogens with zero attached hydrogens (tertiary/aromatic N) is 2. The second kappa shape index (κ2) is 9.23. The highest BCUT2D eigenvalue weighted by molar-refractivity contribution is 5.82. The molecule has 3 fully saturated rings. The summed E-state index contributed by atoms with van der Waals surface area (Å²) in [6.07, 6.45) is 8.22. The van der Waals surface area contributed by atoms with Crippen molar-refractivity contribution in [1.82, 2.24) is 26.0 Å². The van der Waals surface area contributed by atoms with Gasteiger partial charge in [-0.1, -0.05) is 18.2 Å². The Bertz CT molecular complexity index is 893. The number of aliphatic hydroxyl groups is 1. The van der Waals surface area contributed by atoms with Crippen LogP contribution in [0.4, 0.5) is 5.69 Å². The number of carbonyl (C=O) groups is 1. The number of piperidine rings is 1. The van der Waals surface area contributed by atoms with Gasteiger partial charge < -0.3 is 15.2 Å². The fourth-order valence-electron chi connectivity index (χ4n) is 5.61. The normalized spacial score (nSPS) is 38.1. The van der Waals surface area contributed by atoms with Gasteiger partial charge in [0.25, 0.3) is 0 Å². The molecule has 0 radical (unpaired) electrons. The highest BCUT2D eigenvalue weighted by Crippen LogP contribution is 2.34. The molecular formula is C24H36N6O3. The minimum Gasteiger partial charge on any atom is -0.497 e. The first-order valence-corrected chi connectivity index (χ1v) is 12.1. The number of hydrogen-bond acceptors (Lipinski definition) is 8. The molecule has 6 unspecified atom stereocenters. The Morgan fingerprint density at radius 1 is 1.24 bits per heavy atom. The van der Waals surface area contributed by atoms with Gasteiger partial charge in [0, 0.05) is 24.3 Å². The number of methoxy groups -OCH3 is 1. The van der Waals surface area contributed by atoms with Gasteiger partial charge in [0.2, 0.25) is 5.91 Å². The van der Waals surface area contributed by atoms with E-state index in [-0.39, 0.29) is 36.5 Å². The smallest absolute Gasteiger partial charge is 0.244 e. The zero-order valence-corrected chi connectivity index (χ0v) is 19.5. The Morgan fingerprint density at radius 3 is 2.97 bits per heavy atom. The molecule has 6 atom stereocenters. The maximum absolute atomic E-state index is 13.4. The Kier molecular flexibility index (Phi) is 6.32. The van der Waals surface area contributed by atoms with E-state index in [9.17, 15) is 9.90 Å². The van der Waals surface area contributed by atoms with E-state index in [0.717, 1.165) is 37.1 Å². The van der Waals surface area contributed by atoms with Crippen LogP contribution < -0.4 is 26.0 Å². The average Bonchev–Trinajstić information content (AvgIpc) is 3.09. The average molecular weight is 457 g/mol. The van der Waals surface area contributed by atoms with Gasteiger partial charge in [0.15, 0.2) is 0 Å². The van der Waals surface area contributed by atoms with E-state index in [1.165, 1.54) is 0 Å². The third-order valence-electron chi connectivity index (χ3n) is 7.47. The first kappa shape index (κ1) is 22.6. The van der Waals surface area contributed by atoms with E-state index in [4.69, 9.17) is 4.74 Å². The molecule has 2 bridgehead atoms. The predicted octanol–water partition coefficient (Wildman–Crippen LogP) is 1.15. The van der Waals surface area contributed by atoms with Crippen LogP contribution in [0.2, 0.25) is 0 Å². The van der Waals surface area contributed by atoms with E-state index in [1.807, 2.05) is 36.2 Å². The Balaban J connectivity index is 1.39. The molecule has 5 N–H and O–H groups in total. The molecule has 0 aliphatic carbocycles. The summed E-state index contributed by atoms with van der Waals surface area (Å²) in [5, 5.41) is 29.5. The molecule has 4 heterocycles. The van der Waals surface area contributed by atoms with E-state index < -0.39 is 5.60 Å². The number of anilines is 1. The molecule has 3 saturated heterocycles. The minimum absolute atomic E-state index is 0.00572. The van der Waals surface area contributed by atoms with Crippen LogP contribution >= 0.6 is 0 Å². The summed E-state index contributed by atoms with van der Waals surface area (Å²) < 4.78 is 5.34. The lowest BCUT2D eigenvalue weighted by Crippen LogP contribution is -2.69. The third kappa shape index (κ3) is 4.48. The molecule has 180 valence electrons. The molecule has 9 heteroatoms. The lowest BCUT2D eigenvalue weighted by atomic mass is 9.85. The largest absolute Gasteiger partial charge is 0.497 e. The highest BCUT2D eigenvalue weighted by Gasteiger charge is 2.52. The van der Waals surface area contributed by atoms with Crippen molar-refractivity contribution in [2.45, 2.75) is 69.3 Å². The zero-order chi connectivity index (χ0) is 23.0. The number of carbonyl (C=O) groups excluding carboxylic acids is 1. The number of rotatable bonds is 3. The topological polar surface area (TPSA) is 101 Å². The van der Waals surface area contributed by atoms with Crippen LogP contribution in [-0.2, 0) is 4.79 Å². The van der Waals surface area contributed by atoms with E-state index in [0.29, 0.717) is 19.5 Å². The first-order valence-electron chi connectivity index (χ1n) is 12.1. The van der Waals surface area contributed by atoms with Crippen molar-refractivity contribution in [2.24, 2.45) is 5.92 Å². The van der Waals surface area contributed by atoms with Crippen LogP contribution in [0.5, 0.6) is 5.75 Å². The summed E-state index contributed by atoms with van der Waals surface area (Å²) in [5.74, 6) is 0.756. The van der Waals surface area contributed by atoms with E-state index >= 15 is 0 Å². The molecule has 5 rings (SSSR count). The van der Waals surface area contributed by atoms with Gasteiger partial charge in [-0.2, -0.15) is 5.01 Å². The van der Waals surface area contributed by atoms with Gasteiger partial charge in [-0.15, -0.1) is 0 Å². The fraction of sp³-hybridized carbons (Fsp3) is 0.625. The summed E-state index contributed by atoms with van der Waals surface area (Å²) in [7, 11) is 1.66. The third-order valence-corrected chi connectivity index (χ3v) is 7.47. The van der Waals surface area contributed by atoms with Gasteiger partial charge >= 0.3 is 0 Å². The molecule has 33 heavy (non-hydrogen) atoms. The van der Waals surface area contributed by atoms with Crippen molar-refractivity contribution < 1.29 is 14.6 Å². The molecule has 4 aliphatic rings. The van der Waals surface area contributed by atoms with Crippen LogP contribution in [0.3, 0.4) is 0 Å². The first-order chi connectivity index (χ1) is 16.0. The van der Waals surface area contributed by atoms with Gasteiger partial charge in [-0.25, -0.2) is 0 Å². The quantitative estimate of drug-likeness (QED) is 0.432. The summed E-state index contributed by atoms with van der Waals surface area (Å²) in [6, 6.07) is 7.82. The number of allylic oxidation sites excluding steroid dienone is 1. The standard InChI is InChI=1S/C24H36N6O3/c1-24(32)12-4-3-5-13-29-22(31)18-15-25-23(26-16-8-6-9-17(14-16)33-2)28-21(18)30(29)20-11-7-10-19(24)27-20/h3,5-6,8-9,14,18-21,23,25-28,32H,4,7,10-13,15H2,1-2H3/b5-3-. The van der Waals surface area contributed by atoms with Gasteiger partial charge in [-0.3, -0.25) is 25.8 Å². The maximum Gasteiger partial charge on any atom is 0.244 e. The van der Waals surface area contributed by atoms with Crippen molar-refractivity contribution >= 4 is 11.6 Å². The van der Waals surface area contributed by atoms with E-state index in [2.05, 4.69) is 38.4 Å². The van der Waals surface area contributed by atoms with Crippen molar-refractivity contribution in [3.05, 3.63) is 36.4 Å². The Morgan fingerprint density at radius 2 is 2.12 bits per heavy atom. The predicted molar refractivity (Wildman–Crippen MR) is 126 cm³/mol. The monoisotopic (exact) mass is 456 g/mol. The van der Waals surface area contributed by atoms with Crippen molar-refractivity contribution in [3.8, 4) is 5.75 Å². The Labute approximate surface area is 195 Å². The molecule has 1 aromatic rings. The number of ether oxygens (including phenoxy) is 1. The molecule has 0 aromatic heterocycles. The number of amides is 1. The van der Waals surface area contributed by atoms with Crippen molar-refractivity contribution in [3.63, 3.8) is 0 Å². The maximum atomic E-state index is 13.4. The number of hydrogen-bond donors (Lipinski definition) is 5. The molecule has 0 spiro atoms. The van der Waals surface area contributed by atoms with E-state index in [1.54, 1.807) is 7.11 Å². The lowest BCUT2D eigenvalue weighted by molar-refractivity contribution is -0.146. The SMILES string of the molecule is COc1cccc(NC2NCC3C(=O)N4C/C=C\CCC(C)(O)C5CCCC(N5)N4C3N2)c1. The molecule has 9 nitrogen and oxygen atoms in total. The summed E-state index contributed by atoms with van der Waals surface area (Å²) in [6.45, 7) is 3.07. The van der Waals surface area contributed by atoms with Crippen LogP contribution in [0.25, 0.3) is 0 Å². The number of nitrogens with one attached hydrogen (secondary N) is 4. The fourth-order valence-corrected chi connectivity index (χ4v) is 5.61. The van der Waals surface area contributed by atoms with Crippen LogP contribution in [0, 0.1) is 5.92 Å². The lowest BCUT2D eigenvalue weighted by Gasteiger charge is -2.47. The van der Waals surface area contributed by atoms with Crippen LogP contribution in [0.1, 0.15) is 39.0 Å². The minimum atomic E-state index is -0.778. The van der Waals surface area contributed by atoms with Crippen molar-refractivity contribution in [1.29, 1.82) is 0 Å². The molecule has 4 aliphatic heterocycles. The second-order valence-corrected chi connectivity index (χ2v) is 9.77. The van der Waals surface area contributed by atoms with Crippen molar-refractivity contribution in [2.75, 3.05) is 25.5 Å². The summed E-state index contributed by atoms with van der Waals surface area (Å²) in [5.41, 5.74) is 0.158. The molecule has 1 amide bonds. The van der Waals surface area contributed by atoms with Crippen LogP contribution in [-0.4, -0.2) is 71.5 Å². The Hall–Kier alpha value is -2.17. The number of hydrazine groups is 1. The zero-order valence-electron chi connectivity index (χ0n) is 19.5. The number of benzene rings is 1. The van der Waals surface area contributed by atoms with Gasteiger partial charge in [-0.05, 0) is 51.2 Å². The highest BCUT2D eigenvalue weighted by atomic mass is 16.5. The molecule has 0 saturated carbocycles. The number of fused-ring (bicyclic) bond motifs is 6. The summed E-state index contributed by atoms with van der Waals surface area (Å²) >= 11 is 0. The van der Waals surface area contributed by atoms with Gasteiger partial charge in [0.1, 0.15) is 12.0 Å². The molecule has 1 aromatic carbocycles. The molecular weight excluding hydrogens is 420 g/mol.